The summed E-state index contributed by atoms with van der Waals surface area (Å²) >= 11 is 0. The number of esters is 1. The van der Waals surface area contributed by atoms with Crippen LogP contribution >= 0.6 is 0 Å². The van der Waals surface area contributed by atoms with Gasteiger partial charge in [-0.3, -0.25) is 5.32 Å². The van der Waals surface area contributed by atoms with Crippen molar-refractivity contribution in [2.75, 3.05) is 18.5 Å². The van der Waals surface area contributed by atoms with Crippen LogP contribution in [0.2, 0.25) is 0 Å². The Morgan fingerprint density at radius 3 is 2.58 bits per heavy atom. The van der Waals surface area contributed by atoms with E-state index in [9.17, 15) is 9.59 Å². The predicted molar refractivity (Wildman–Crippen MR) is 90.3 cm³/mol. The molecule has 0 aliphatic heterocycles. The number of ether oxygens (including phenoxy) is 2. The maximum absolute atomic E-state index is 11.7. The Bertz CT molecular complexity index is 659. The molecule has 1 N–H and O–H groups in total. The minimum Gasteiger partial charge on any atom is -0.459 e. The van der Waals surface area contributed by atoms with E-state index in [0.717, 1.165) is 5.56 Å². The summed E-state index contributed by atoms with van der Waals surface area (Å²) in [6.45, 7) is 8.62. The minimum absolute atomic E-state index is 0.0322. The molecule has 0 saturated carbocycles. The van der Waals surface area contributed by atoms with Gasteiger partial charge in [-0.15, -0.1) is 0 Å². The van der Waals surface area contributed by atoms with Crippen molar-refractivity contribution in [2.45, 2.75) is 27.2 Å². The van der Waals surface area contributed by atoms with E-state index in [4.69, 9.17) is 14.7 Å². The highest BCUT2D eigenvalue weighted by molar-refractivity contribution is 5.87. The van der Waals surface area contributed by atoms with Crippen molar-refractivity contribution in [3.05, 3.63) is 42.0 Å². The van der Waals surface area contributed by atoms with E-state index in [1.165, 1.54) is 6.92 Å². The minimum atomic E-state index is -0.641. The Kier molecular flexibility index (Phi) is 6.99. The quantitative estimate of drug-likeness (QED) is 0.470. The molecule has 0 bridgehead atoms. The van der Waals surface area contributed by atoms with Crippen LogP contribution in [-0.2, 0) is 20.7 Å². The van der Waals surface area contributed by atoms with Crippen molar-refractivity contribution in [1.82, 2.24) is 0 Å². The number of nitriles is 1. The van der Waals surface area contributed by atoms with E-state index >= 15 is 0 Å². The van der Waals surface area contributed by atoms with Crippen LogP contribution < -0.4 is 5.32 Å². The third-order valence-corrected chi connectivity index (χ3v) is 3.02. The lowest BCUT2D eigenvalue weighted by Crippen LogP contribution is -2.18. The lowest BCUT2D eigenvalue weighted by Gasteiger charge is -2.15. The molecule has 0 fully saturated rings. The van der Waals surface area contributed by atoms with Gasteiger partial charge in [-0.05, 0) is 44.9 Å². The fraction of sp³-hybridized carbons (Fsp3) is 0.389. The standard InChI is InChI=1S/C18H22N2O4/c1-13(2)16(21)23-8-9-24-17(22)20-15-7-5-6-14(10-15)11-18(3,4)12-19/h5-7,10H,1,8-9,11H2,2-4H3,(H,20,22). The van der Waals surface area contributed by atoms with Gasteiger partial charge in [0.2, 0.25) is 0 Å². The Balaban J connectivity index is 2.46. The van der Waals surface area contributed by atoms with Gasteiger partial charge in [-0.1, -0.05) is 18.7 Å². The molecule has 0 unspecified atom stereocenters. The fourth-order valence-electron chi connectivity index (χ4n) is 1.85. The van der Waals surface area contributed by atoms with Gasteiger partial charge in [0.1, 0.15) is 13.2 Å². The molecule has 6 nitrogen and oxygen atoms in total. The van der Waals surface area contributed by atoms with Crippen LogP contribution in [0.5, 0.6) is 0 Å². The highest BCUT2D eigenvalue weighted by atomic mass is 16.6. The SMILES string of the molecule is C=C(C)C(=O)OCCOC(=O)Nc1cccc(CC(C)(C)C#N)c1. The highest BCUT2D eigenvalue weighted by Gasteiger charge is 2.17. The van der Waals surface area contributed by atoms with Crippen molar-refractivity contribution in [3.8, 4) is 6.07 Å². The molecule has 0 aliphatic carbocycles. The van der Waals surface area contributed by atoms with Gasteiger partial charge < -0.3 is 9.47 Å². The second-order valence-electron chi connectivity index (χ2n) is 6.05. The lowest BCUT2D eigenvalue weighted by atomic mass is 9.87. The van der Waals surface area contributed by atoms with Gasteiger partial charge >= 0.3 is 12.1 Å². The van der Waals surface area contributed by atoms with Crippen LogP contribution in [0.25, 0.3) is 0 Å². The second kappa shape index (κ2) is 8.73. The first kappa shape index (κ1) is 19.2. The summed E-state index contributed by atoms with van der Waals surface area (Å²) in [7, 11) is 0. The molecule has 1 rings (SSSR count). The highest BCUT2D eigenvalue weighted by Crippen LogP contribution is 2.22. The fourth-order valence-corrected chi connectivity index (χ4v) is 1.85. The molecule has 6 heteroatoms. The summed E-state index contributed by atoms with van der Waals surface area (Å²) in [6, 6.07) is 9.46. The van der Waals surface area contributed by atoms with Gasteiger partial charge in [0.25, 0.3) is 0 Å². The van der Waals surface area contributed by atoms with Gasteiger partial charge in [0, 0.05) is 11.3 Å². The summed E-state index contributed by atoms with van der Waals surface area (Å²) in [6.07, 6.45) is -0.0663. The molecule has 0 radical (unpaired) electrons. The first-order valence-electron chi connectivity index (χ1n) is 7.50. The van der Waals surface area contributed by atoms with Gasteiger partial charge in [0.15, 0.2) is 0 Å². The number of carbonyl (C=O) groups is 2. The van der Waals surface area contributed by atoms with Crippen LogP contribution in [0.3, 0.4) is 0 Å². The van der Waals surface area contributed by atoms with Crippen LogP contribution in [-0.4, -0.2) is 25.3 Å². The first-order valence-corrected chi connectivity index (χ1v) is 7.50. The van der Waals surface area contributed by atoms with Crippen molar-refractivity contribution >= 4 is 17.7 Å². The van der Waals surface area contributed by atoms with Crippen LogP contribution in [0.4, 0.5) is 10.5 Å². The van der Waals surface area contributed by atoms with E-state index in [1.807, 2.05) is 19.9 Å². The molecule has 0 heterocycles. The number of benzene rings is 1. The normalized spacial score (nSPS) is 10.4. The number of hydrogen-bond donors (Lipinski definition) is 1. The van der Waals surface area contributed by atoms with E-state index in [1.54, 1.807) is 18.2 Å². The summed E-state index contributed by atoms with van der Waals surface area (Å²) in [5.41, 5.74) is 1.32. The molecule has 0 aliphatic rings. The van der Waals surface area contributed by atoms with Crippen molar-refractivity contribution in [2.24, 2.45) is 5.41 Å². The number of carbonyl (C=O) groups excluding carboxylic acids is 2. The number of amides is 1. The van der Waals surface area contributed by atoms with Gasteiger partial charge in [-0.2, -0.15) is 5.26 Å². The van der Waals surface area contributed by atoms with Crippen molar-refractivity contribution in [1.29, 1.82) is 5.26 Å². The monoisotopic (exact) mass is 330 g/mol. The zero-order valence-corrected chi connectivity index (χ0v) is 14.2. The van der Waals surface area contributed by atoms with Crippen LogP contribution in [0.1, 0.15) is 26.3 Å². The number of rotatable bonds is 7. The summed E-state index contributed by atoms with van der Waals surface area (Å²) in [5.74, 6) is -0.521. The van der Waals surface area contributed by atoms with Crippen molar-refractivity contribution in [3.63, 3.8) is 0 Å². The number of anilines is 1. The number of hydrogen-bond acceptors (Lipinski definition) is 5. The molecule has 0 aromatic heterocycles. The van der Waals surface area contributed by atoms with Crippen LogP contribution in [0.15, 0.2) is 36.4 Å². The first-order chi connectivity index (χ1) is 11.2. The maximum Gasteiger partial charge on any atom is 0.411 e. The lowest BCUT2D eigenvalue weighted by molar-refractivity contribution is -0.139. The Morgan fingerprint density at radius 2 is 1.96 bits per heavy atom. The predicted octanol–water partition coefficient (Wildman–Crippen LogP) is 3.45. The molecule has 1 aromatic rings. The summed E-state index contributed by atoms with van der Waals surface area (Å²) in [4.78, 5) is 22.9. The maximum atomic E-state index is 11.7. The number of nitrogens with one attached hydrogen (secondary N) is 1. The van der Waals surface area contributed by atoms with Crippen LogP contribution in [0, 0.1) is 16.7 Å². The topological polar surface area (TPSA) is 88.4 Å². The van der Waals surface area contributed by atoms with E-state index in [0.29, 0.717) is 12.1 Å². The molecule has 1 amide bonds. The third-order valence-electron chi connectivity index (χ3n) is 3.02. The zero-order chi connectivity index (χ0) is 18.2. The molecule has 24 heavy (non-hydrogen) atoms. The Morgan fingerprint density at radius 1 is 1.29 bits per heavy atom. The van der Waals surface area contributed by atoms with Gasteiger partial charge in [0.05, 0.1) is 11.5 Å². The molecule has 0 atom stereocenters. The number of nitrogens with zero attached hydrogens (tertiary/aromatic N) is 1. The zero-order valence-electron chi connectivity index (χ0n) is 14.2. The molecular formula is C18H22N2O4. The Labute approximate surface area is 142 Å². The molecule has 0 saturated heterocycles. The average Bonchev–Trinajstić information content (AvgIpc) is 2.51. The molecule has 128 valence electrons. The summed E-state index contributed by atoms with van der Waals surface area (Å²) < 4.78 is 9.75. The van der Waals surface area contributed by atoms with E-state index in [-0.39, 0.29) is 18.8 Å². The third kappa shape index (κ3) is 6.97. The summed E-state index contributed by atoms with van der Waals surface area (Å²) in [5, 5.41) is 11.7. The van der Waals surface area contributed by atoms with E-state index in [2.05, 4.69) is 18.0 Å². The Hall–Kier alpha value is -2.81. The van der Waals surface area contributed by atoms with Crippen molar-refractivity contribution < 1.29 is 19.1 Å². The molecule has 0 spiro atoms. The second-order valence-corrected chi connectivity index (χ2v) is 6.05. The largest absolute Gasteiger partial charge is 0.459 e. The smallest absolute Gasteiger partial charge is 0.411 e. The molecular weight excluding hydrogens is 308 g/mol. The van der Waals surface area contributed by atoms with Gasteiger partial charge in [-0.25, -0.2) is 9.59 Å². The average molecular weight is 330 g/mol. The van der Waals surface area contributed by atoms with E-state index < -0.39 is 17.5 Å². The molecule has 1 aromatic carbocycles.